The zero-order valence-electron chi connectivity index (χ0n) is 13.5. The average Bonchev–Trinajstić information content (AvgIpc) is 3.13. The summed E-state index contributed by atoms with van der Waals surface area (Å²) in [4.78, 5) is 5.41. The summed E-state index contributed by atoms with van der Waals surface area (Å²) < 4.78 is 0. The largest absolute Gasteiger partial charge is 0.369 e. The summed E-state index contributed by atoms with van der Waals surface area (Å²) in [5.41, 5.74) is 4.27. The molecule has 0 radical (unpaired) electrons. The zero-order valence-corrected chi connectivity index (χ0v) is 13.5. The minimum absolute atomic E-state index is 0.921. The van der Waals surface area contributed by atoms with Gasteiger partial charge in [0.1, 0.15) is 0 Å². The number of anilines is 1. The third-order valence-corrected chi connectivity index (χ3v) is 6.19. The van der Waals surface area contributed by atoms with Crippen molar-refractivity contribution in [1.82, 2.24) is 4.90 Å². The molecular formula is C19H28N2. The van der Waals surface area contributed by atoms with Gasteiger partial charge in [-0.1, -0.05) is 18.6 Å². The highest BCUT2D eigenvalue weighted by Crippen LogP contribution is 2.46. The second-order valence-corrected chi connectivity index (χ2v) is 7.56. The Kier molecular flexibility index (Phi) is 3.45. The molecule has 2 aliphatic carbocycles. The fourth-order valence-electron chi connectivity index (χ4n) is 5.01. The third kappa shape index (κ3) is 2.48. The lowest BCUT2D eigenvalue weighted by Gasteiger charge is -2.42. The monoisotopic (exact) mass is 284 g/mol. The van der Waals surface area contributed by atoms with Crippen LogP contribution in [0.25, 0.3) is 0 Å². The molecule has 1 aliphatic heterocycles. The molecule has 21 heavy (non-hydrogen) atoms. The standard InChI is InChI=1S/C19H28N2/c1-14-3-4-15(2)18(11-14)20-7-9-21(10-8-20)19-13-16-5-6-17(19)12-16/h3-4,11,16-17,19H,5-10,12-13H2,1-2H3/t16-,17-,19+/m1/s1. The molecule has 3 fully saturated rings. The summed E-state index contributed by atoms with van der Waals surface area (Å²) in [6, 6.07) is 7.78. The molecule has 0 amide bonds. The summed E-state index contributed by atoms with van der Waals surface area (Å²) in [5.74, 6) is 2.10. The Labute approximate surface area is 129 Å². The smallest absolute Gasteiger partial charge is 0.0399 e. The van der Waals surface area contributed by atoms with Gasteiger partial charge in [-0.2, -0.15) is 0 Å². The molecule has 0 aromatic heterocycles. The van der Waals surface area contributed by atoms with Gasteiger partial charge in [-0.05, 0) is 62.1 Å². The number of hydrogen-bond acceptors (Lipinski definition) is 2. The summed E-state index contributed by atoms with van der Waals surface area (Å²) in [7, 11) is 0. The highest BCUT2D eigenvalue weighted by atomic mass is 15.3. The van der Waals surface area contributed by atoms with Crippen LogP contribution in [0.2, 0.25) is 0 Å². The first-order chi connectivity index (χ1) is 10.2. The van der Waals surface area contributed by atoms with Crippen LogP contribution >= 0.6 is 0 Å². The Balaban J connectivity index is 1.41. The average molecular weight is 284 g/mol. The predicted octanol–water partition coefficient (Wildman–Crippen LogP) is 3.61. The Bertz CT molecular complexity index is 516. The van der Waals surface area contributed by atoms with E-state index in [1.54, 1.807) is 0 Å². The molecule has 2 heteroatoms. The summed E-state index contributed by atoms with van der Waals surface area (Å²) in [6.07, 6.45) is 6.05. The molecule has 1 saturated heterocycles. The minimum Gasteiger partial charge on any atom is -0.369 e. The highest BCUT2D eigenvalue weighted by molar-refractivity contribution is 5.55. The molecule has 3 aliphatic rings. The number of benzene rings is 1. The maximum atomic E-state index is 2.81. The molecule has 1 heterocycles. The number of rotatable bonds is 2. The molecule has 4 rings (SSSR count). The second-order valence-electron chi connectivity index (χ2n) is 7.56. The van der Waals surface area contributed by atoms with Crippen molar-refractivity contribution < 1.29 is 0 Å². The Morgan fingerprint density at radius 1 is 0.952 bits per heavy atom. The van der Waals surface area contributed by atoms with Gasteiger partial charge in [0, 0.05) is 37.9 Å². The Morgan fingerprint density at radius 2 is 1.76 bits per heavy atom. The Hall–Kier alpha value is -1.02. The lowest BCUT2D eigenvalue weighted by molar-refractivity contribution is 0.135. The normalized spacial score (nSPS) is 32.9. The van der Waals surface area contributed by atoms with Gasteiger partial charge in [-0.15, -0.1) is 0 Å². The first kappa shape index (κ1) is 13.6. The van der Waals surface area contributed by atoms with Crippen molar-refractivity contribution in [2.75, 3.05) is 31.1 Å². The van der Waals surface area contributed by atoms with Crippen molar-refractivity contribution >= 4 is 5.69 Å². The van der Waals surface area contributed by atoms with E-state index < -0.39 is 0 Å². The van der Waals surface area contributed by atoms with Gasteiger partial charge in [0.05, 0.1) is 0 Å². The number of aryl methyl sites for hydroxylation is 2. The quantitative estimate of drug-likeness (QED) is 0.818. The first-order valence-corrected chi connectivity index (χ1v) is 8.77. The Morgan fingerprint density at radius 3 is 2.43 bits per heavy atom. The van der Waals surface area contributed by atoms with E-state index in [9.17, 15) is 0 Å². The molecule has 2 saturated carbocycles. The van der Waals surface area contributed by atoms with Crippen LogP contribution in [0.3, 0.4) is 0 Å². The SMILES string of the molecule is Cc1ccc(C)c(N2CCN([C@H]3C[C@@H]4CC[C@@H]3C4)CC2)c1. The first-order valence-electron chi connectivity index (χ1n) is 8.77. The molecule has 3 atom stereocenters. The van der Waals surface area contributed by atoms with E-state index in [0.29, 0.717) is 0 Å². The fourth-order valence-corrected chi connectivity index (χ4v) is 5.01. The van der Waals surface area contributed by atoms with E-state index in [4.69, 9.17) is 0 Å². The molecule has 0 unspecified atom stereocenters. The summed E-state index contributed by atoms with van der Waals surface area (Å²) >= 11 is 0. The number of hydrogen-bond donors (Lipinski definition) is 0. The van der Waals surface area contributed by atoms with Gasteiger partial charge in [0.15, 0.2) is 0 Å². The van der Waals surface area contributed by atoms with Gasteiger partial charge >= 0.3 is 0 Å². The fraction of sp³-hybridized carbons (Fsp3) is 0.684. The van der Waals surface area contributed by atoms with E-state index in [0.717, 1.165) is 17.9 Å². The summed E-state index contributed by atoms with van der Waals surface area (Å²) in [5, 5.41) is 0. The minimum atomic E-state index is 0.921. The van der Waals surface area contributed by atoms with E-state index in [-0.39, 0.29) is 0 Å². The van der Waals surface area contributed by atoms with Crippen molar-refractivity contribution in [1.29, 1.82) is 0 Å². The van der Waals surface area contributed by atoms with E-state index >= 15 is 0 Å². The molecule has 1 aromatic rings. The molecule has 2 nitrogen and oxygen atoms in total. The lowest BCUT2D eigenvalue weighted by Crippen LogP contribution is -2.51. The van der Waals surface area contributed by atoms with Crippen LogP contribution < -0.4 is 4.90 Å². The van der Waals surface area contributed by atoms with Crippen molar-refractivity contribution in [2.45, 2.75) is 45.6 Å². The van der Waals surface area contributed by atoms with Crippen LogP contribution in [0.1, 0.15) is 36.8 Å². The lowest BCUT2D eigenvalue weighted by atomic mass is 9.93. The van der Waals surface area contributed by atoms with Crippen molar-refractivity contribution in [3.05, 3.63) is 29.3 Å². The van der Waals surface area contributed by atoms with E-state index in [1.807, 2.05) is 0 Å². The zero-order chi connectivity index (χ0) is 14.4. The third-order valence-electron chi connectivity index (χ3n) is 6.19. The van der Waals surface area contributed by atoms with Crippen LogP contribution in [0.5, 0.6) is 0 Å². The molecule has 1 aromatic carbocycles. The molecule has 114 valence electrons. The number of nitrogens with zero attached hydrogens (tertiary/aromatic N) is 2. The molecule has 0 N–H and O–H groups in total. The van der Waals surface area contributed by atoms with Crippen molar-refractivity contribution in [2.24, 2.45) is 11.8 Å². The van der Waals surface area contributed by atoms with Crippen LogP contribution in [-0.2, 0) is 0 Å². The number of fused-ring (bicyclic) bond motifs is 2. The van der Waals surface area contributed by atoms with E-state index in [1.165, 1.54) is 68.7 Å². The highest BCUT2D eigenvalue weighted by Gasteiger charge is 2.42. The van der Waals surface area contributed by atoms with Gasteiger partial charge in [0.25, 0.3) is 0 Å². The molecule has 0 spiro atoms. The predicted molar refractivity (Wildman–Crippen MR) is 88.9 cm³/mol. The molecule has 2 bridgehead atoms. The molecular weight excluding hydrogens is 256 g/mol. The van der Waals surface area contributed by atoms with Crippen LogP contribution in [-0.4, -0.2) is 37.1 Å². The van der Waals surface area contributed by atoms with Gasteiger partial charge < -0.3 is 4.90 Å². The second kappa shape index (κ2) is 5.31. The van der Waals surface area contributed by atoms with Crippen LogP contribution in [0.15, 0.2) is 18.2 Å². The van der Waals surface area contributed by atoms with Crippen molar-refractivity contribution in [3.63, 3.8) is 0 Å². The van der Waals surface area contributed by atoms with Crippen molar-refractivity contribution in [3.8, 4) is 0 Å². The van der Waals surface area contributed by atoms with Crippen LogP contribution in [0, 0.1) is 25.7 Å². The topological polar surface area (TPSA) is 6.48 Å². The van der Waals surface area contributed by atoms with Gasteiger partial charge in [-0.25, -0.2) is 0 Å². The maximum Gasteiger partial charge on any atom is 0.0399 e. The van der Waals surface area contributed by atoms with Gasteiger partial charge in [-0.3, -0.25) is 4.90 Å². The number of piperazine rings is 1. The van der Waals surface area contributed by atoms with E-state index in [2.05, 4.69) is 41.8 Å². The maximum absolute atomic E-state index is 2.81. The van der Waals surface area contributed by atoms with Gasteiger partial charge in [0.2, 0.25) is 0 Å². The van der Waals surface area contributed by atoms with Crippen LogP contribution in [0.4, 0.5) is 5.69 Å². The summed E-state index contributed by atoms with van der Waals surface area (Å²) in [6.45, 7) is 9.39.